The zero-order valence-electron chi connectivity index (χ0n) is 13.9. The molecule has 0 unspecified atom stereocenters. The lowest BCUT2D eigenvalue weighted by Gasteiger charge is -2.34. The van der Waals surface area contributed by atoms with Crippen LogP contribution in [0.2, 0.25) is 0 Å². The van der Waals surface area contributed by atoms with Crippen molar-refractivity contribution in [1.82, 2.24) is 4.90 Å². The summed E-state index contributed by atoms with van der Waals surface area (Å²) < 4.78 is 6.17. The molecule has 1 aliphatic heterocycles. The van der Waals surface area contributed by atoms with Gasteiger partial charge >= 0.3 is 5.97 Å². The summed E-state index contributed by atoms with van der Waals surface area (Å²) >= 11 is 0. The third kappa shape index (κ3) is 3.96. The first-order valence-corrected chi connectivity index (χ1v) is 8.87. The van der Waals surface area contributed by atoms with E-state index in [0.717, 1.165) is 37.7 Å². The maximum Gasteiger partial charge on any atom is 0.308 e. The summed E-state index contributed by atoms with van der Waals surface area (Å²) in [6, 6.07) is 9.56. The standard InChI is InChI=1S/C19H25NO4/c21-18(20-12-6-9-15(13-20)19(22)23)17(14-7-2-1-3-8-14)24-16-10-4-5-11-16/h1-3,7-8,15-17H,4-6,9-13H2,(H,22,23)/t15-,17-/m0/s1. The minimum Gasteiger partial charge on any atom is -0.481 e. The molecule has 1 aliphatic carbocycles. The highest BCUT2D eigenvalue weighted by Gasteiger charge is 2.34. The number of aliphatic carboxylic acids is 1. The lowest BCUT2D eigenvalue weighted by Crippen LogP contribution is -2.45. The predicted octanol–water partition coefficient (Wildman–Crippen LogP) is 3.01. The second kappa shape index (κ2) is 7.79. The molecule has 0 radical (unpaired) electrons. The molecule has 1 saturated carbocycles. The number of rotatable bonds is 5. The van der Waals surface area contributed by atoms with Crippen molar-refractivity contribution >= 4 is 11.9 Å². The number of carboxylic acids is 1. The second-order valence-corrected chi connectivity index (χ2v) is 6.79. The Kier molecular flexibility index (Phi) is 5.51. The minimum absolute atomic E-state index is 0.0981. The molecule has 2 atom stereocenters. The number of amides is 1. The van der Waals surface area contributed by atoms with Gasteiger partial charge in [0.05, 0.1) is 12.0 Å². The maximum absolute atomic E-state index is 13.1. The Bertz CT molecular complexity index is 568. The van der Waals surface area contributed by atoms with Crippen LogP contribution in [0.4, 0.5) is 0 Å². The number of ether oxygens (including phenoxy) is 1. The molecule has 3 rings (SSSR count). The molecule has 2 fully saturated rings. The number of benzene rings is 1. The van der Waals surface area contributed by atoms with Gasteiger partial charge in [0.15, 0.2) is 6.10 Å². The van der Waals surface area contributed by atoms with E-state index in [1.807, 2.05) is 30.3 Å². The number of likely N-dealkylation sites (tertiary alicyclic amines) is 1. The maximum atomic E-state index is 13.1. The van der Waals surface area contributed by atoms with Crippen molar-refractivity contribution in [3.05, 3.63) is 35.9 Å². The van der Waals surface area contributed by atoms with Crippen LogP contribution in [-0.4, -0.2) is 41.1 Å². The Hall–Kier alpha value is -1.88. The van der Waals surface area contributed by atoms with Crippen LogP contribution in [-0.2, 0) is 14.3 Å². The third-order valence-electron chi connectivity index (χ3n) is 5.04. The minimum atomic E-state index is -0.819. The first kappa shape index (κ1) is 17.0. The molecule has 1 N–H and O–H groups in total. The molecule has 5 nitrogen and oxygen atoms in total. The van der Waals surface area contributed by atoms with Crippen LogP contribution in [0.3, 0.4) is 0 Å². The van der Waals surface area contributed by atoms with E-state index >= 15 is 0 Å². The van der Waals surface area contributed by atoms with Crippen LogP contribution in [0.1, 0.15) is 50.2 Å². The average molecular weight is 331 g/mol. The highest BCUT2D eigenvalue weighted by molar-refractivity contribution is 5.83. The molecule has 130 valence electrons. The Morgan fingerprint density at radius 1 is 1.08 bits per heavy atom. The van der Waals surface area contributed by atoms with Gasteiger partial charge in [-0.25, -0.2) is 0 Å². The van der Waals surface area contributed by atoms with Gasteiger partial charge in [0.25, 0.3) is 5.91 Å². The smallest absolute Gasteiger partial charge is 0.308 e. The number of nitrogens with zero attached hydrogens (tertiary/aromatic N) is 1. The topological polar surface area (TPSA) is 66.8 Å². The van der Waals surface area contributed by atoms with Gasteiger partial charge < -0.3 is 14.7 Å². The second-order valence-electron chi connectivity index (χ2n) is 6.79. The summed E-state index contributed by atoms with van der Waals surface area (Å²) in [6.07, 6.45) is 5.15. The first-order chi connectivity index (χ1) is 11.6. The number of carboxylic acid groups (broad SMARTS) is 1. The number of carbonyl (C=O) groups is 2. The van der Waals surface area contributed by atoms with E-state index in [-0.39, 0.29) is 18.6 Å². The van der Waals surface area contributed by atoms with Crippen molar-refractivity contribution in [3.8, 4) is 0 Å². The summed E-state index contributed by atoms with van der Waals surface area (Å²) in [7, 11) is 0. The lowest BCUT2D eigenvalue weighted by molar-refractivity contribution is -0.153. The normalized spacial score (nSPS) is 23.2. The van der Waals surface area contributed by atoms with Gasteiger partial charge in [0, 0.05) is 13.1 Å². The van der Waals surface area contributed by atoms with Crippen LogP contribution in [0.25, 0.3) is 0 Å². The number of hydrogen-bond acceptors (Lipinski definition) is 3. The van der Waals surface area contributed by atoms with Gasteiger partial charge in [-0.2, -0.15) is 0 Å². The van der Waals surface area contributed by atoms with Crippen molar-refractivity contribution in [2.75, 3.05) is 13.1 Å². The van der Waals surface area contributed by atoms with Crippen molar-refractivity contribution < 1.29 is 19.4 Å². The fourth-order valence-electron chi connectivity index (χ4n) is 3.67. The van der Waals surface area contributed by atoms with Gasteiger partial charge in [-0.05, 0) is 31.2 Å². The highest BCUT2D eigenvalue weighted by Crippen LogP contribution is 2.30. The van der Waals surface area contributed by atoms with Gasteiger partial charge in [0.2, 0.25) is 0 Å². The SMILES string of the molecule is O=C(O)[C@H]1CCCN(C(=O)[C@@H](OC2CCCC2)c2ccccc2)C1. The van der Waals surface area contributed by atoms with Gasteiger partial charge in [-0.3, -0.25) is 9.59 Å². The average Bonchev–Trinajstić information content (AvgIpc) is 3.13. The molecule has 0 spiro atoms. The van der Waals surface area contributed by atoms with Crippen LogP contribution in [0.15, 0.2) is 30.3 Å². The quantitative estimate of drug-likeness (QED) is 0.900. The zero-order chi connectivity index (χ0) is 16.9. The van der Waals surface area contributed by atoms with E-state index in [1.165, 1.54) is 0 Å². The number of piperidine rings is 1. The molecule has 5 heteroatoms. The Morgan fingerprint density at radius 2 is 1.79 bits per heavy atom. The Balaban J connectivity index is 1.76. The monoisotopic (exact) mass is 331 g/mol. The van der Waals surface area contributed by atoms with Crippen LogP contribution >= 0.6 is 0 Å². The fraction of sp³-hybridized carbons (Fsp3) is 0.579. The predicted molar refractivity (Wildman–Crippen MR) is 89.5 cm³/mol. The zero-order valence-corrected chi connectivity index (χ0v) is 13.9. The van der Waals surface area contributed by atoms with Crippen LogP contribution in [0.5, 0.6) is 0 Å². The van der Waals surface area contributed by atoms with Crippen molar-refractivity contribution in [3.63, 3.8) is 0 Å². The van der Waals surface area contributed by atoms with Crippen LogP contribution < -0.4 is 0 Å². The number of hydrogen-bond donors (Lipinski definition) is 1. The molecule has 0 aromatic heterocycles. The van der Waals surface area contributed by atoms with Gasteiger partial charge in [-0.1, -0.05) is 43.2 Å². The van der Waals surface area contributed by atoms with Crippen molar-refractivity contribution in [2.24, 2.45) is 5.92 Å². The molecule has 1 saturated heterocycles. The third-order valence-corrected chi connectivity index (χ3v) is 5.04. The summed E-state index contributed by atoms with van der Waals surface area (Å²) in [6.45, 7) is 0.894. The van der Waals surface area contributed by atoms with Crippen molar-refractivity contribution in [2.45, 2.75) is 50.7 Å². The summed E-state index contributed by atoms with van der Waals surface area (Å²) in [5, 5.41) is 9.25. The number of carbonyl (C=O) groups excluding carboxylic acids is 1. The molecular formula is C19H25NO4. The molecule has 1 amide bonds. The van der Waals surface area contributed by atoms with Crippen LogP contribution in [0, 0.1) is 5.92 Å². The van der Waals surface area contributed by atoms with E-state index in [9.17, 15) is 14.7 Å². The van der Waals surface area contributed by atoms with E-state index in [0.29, 0.717) is 13.0 Å². The molecule has 2 aliphatic rings. The molecule has 1 aromatic carbocycles. The van der Waals surface area contributed by atoms with Crippen molar-refractivity contribution in [1.29, 1.82) is 0 Å². The van der Waals surface area contributed by atoms with E-state index in [1.54, 1.807) is 4.90 Å². The van der Waals surface area contributed by atoms with E-state index in [2.05, 4.69) is 0 Å². The molecule has 24 heavy (non-hydrogen) atoms. The van der Waals surface area contributed by atoms with Gasteiger partial charge in [-0.15, -0.1) is 0 Å². The highest BCUT2D eigenvalue weighted by atomic mass is 16.5. The first-order valence-electron chi connectivity index (χ1n) is 8.87. The molecule has 1 aromatic rings. The lowest BCUT2D eigenvalue weighted by atomic mass is 9.97. The molecule has 1 heterocycles. The van der Waals surface area contributed by atoms with E-state index < -0.39 is 18.0 Å². The Labute approximate surface area is 142 Å². The molecular weight excluding hydrogens is 306 g/mol. The van der Waals surface area contributed by atoms with Gasteiger partial charge in [0.1, 0.15) is 0 Å². The summed E-state index contributed by atoms with van der Waals surface area (Å²) in [5.74, 6) is -1.38. The summed E-state index contributed by atoms with van der Waals surface area (Å²) in [5.41, 5.74) is 0.854. The Morgan fingerprint density at radius 3 is 2.46 bits per heavy atom. The molecule has 0 bridgehead atoms. The summed E-state index contributed by atoms with van der Waals surface area (Å²) in [4.78, 5) is 26.0. The fourth-order valence-corrected chi connectivity index (χ4v) is 3.67. The largest absolute Gasteiger partial charge is 0.481 e. The van der Waals surface area contributed by atoms with E-state index in [4.69, 9.17) is 4.74 Å².